The molecular formula is C13H20N2. The molecule has 1 aliphatic rings. The summed E-state index contributed by atoms with van der Waals surface area (Å²) in [6.45, 7) is 0. The summed E-state index contributed by atoms with van der Waals surface area (Å²) in [7, 11) is 4.14. The minimum Gasteiger partial charge on any atom is -0.378 e. The SMILES string of the molecule is CN(C)c1ccc([C@H]2CCC(N)C2)cc1. The molecule has 15 heavy (non-hydrogen) atoms. The Morgan fingerprint density at radius 3 is 2.27 bits per heavy atom. The molecule has 0 saturated heterocycles. The topological polar surface area (TPSA) is 29.3 Å². The van der Waals surface area contributed by atoms with E-state index in [1.807, 2.05) is 0 Å². The molecule has 0 bridgehead atoms. The number of rotatable bonds is 2. The zero-order valence-electron chi connectivity index (χ0n) is 9.61. The second kappa shape index (κ2) is 4.23. The molecule has 82 valence electrons. The summed E-state index contributed by atoms with van der Waals surface area (Å²) in [5.41, 5.74) is 8.65. The zero-order chi connectivity index (χ0) is 10.8. The van der Waals surface area contributed by atoms with Gasteiger partial charge in [0.2, 0.25) is 0 Å². The fourth-order valence-corrected chi connectivity index (χ4v) is 2.36. The molecule has 1 fully saturated rings. The van der Waals surface area contributed by atoms with Crippen LogP contribution in [0.4, 0.5) is 5.69 Å². The number of hydrogen-bond acceptors (Lipinski definition) is 2. The molecule has 0 aliphatic heterocycles. The van der Waals surface area contributed by atoms with Crippen LogP contribution in [-0.4, -0.2) is 20.1 Å². The third kappa shape index (κ3) is 2.32. The van der Waals surface area contributed by atoms with Crippen LogP contribution in [0.1, 0.15) is 30.7 Å². The Morgan fingerprint density at radius 2 is 1.80 bits per heavy atom. The molecule has 0 aromatic heterocycles. The van der Waals surface area contributed by atoms with Gasteiger partial charge in [0.05, 0.1) is 0 Å². The first-order valence-corrected chi connectivity index (χ1v) is 5.69. The predicted octanol–water partition coefficient (Wildman–Crippen LogP) is 2.35. The zero-order valence-corrected chi connectivity index (χ0v) is 9.61. The van der Waals surface area contributed by atoms with Crippen molar-refractivity contribution in [1.29, 1.82) is 0 Å². The maximum absolute atomic E-state index is 5.93. The van der Waals surface area contributed by atoms with Crippen molar-refractivity contribution in [2.75, 3.05) is 19.0 Å². The average Bonchev–Trinajstić information content (AvgIpc) is 2.65. The quantitative estimate of drug-likeness (QED) is 0.801. The molecular weight excluding hydrogens is 184 g/mol. The highest BCUT2D eigenvalue weighted by molar-refractivity contribution is 5.46. The number of nitrogens with zero attached hydrogens (tertiary/aromatic N) is 1. The molecule has 0 spiro atoms. The van der Waals surface area contributed by atoms with Gasteiger partial charge in [0, 0.05) is 25.8 Å². The third-order valence-electron chi connectivity index (χ3n) is 3.35. The van der Waals surface area contributed by atoms with E-state index in [-0.39, 0.29) is 0 Å². The lowest BCUT2D eigenvalue weighted by molar-refractivity contribution is 0.674. The summed E-state index contributed by atoms with van der Waals surface area (Å²) in [5, 5.41) is 0. The molecule has 0 radical (unpaired) electrons. The molecule has 2 atom stereocenters. The Labute approximate surface area is 92.1 Å². The van der Waals surface area contributed by atoms with E-state index in [2.05, 4.69) is 43.3 Å². The van der Waals surface area contributed by atoms with Crippen LogP contribution in [0, 0.1) is 0 Å². The second-order valence-electron chi connectivity index (χ2n) is 4.76. The van der Waals surface area contributed by atoms with E-state index in [1.165, 1.54) is 24.1 Å². The van der Waals surface area contributed by atoms with E-state index in [9.17, 15) is 0 Å². The maximum Gasteiger partial charge on any atom is 0.0361 e. The lowest BCUT2D eigenvalue weighted by Gasteiger charge is -2.15. The monoisotopic (exact) mass is 204 g/mol. The molecule has 2 N–H and O–H groups in total. The van der Waals surface area contributed by atoms with Crippen LogP contribution in [0.2, 0.25) is 0 Å². The highest BCUT2D eigenvalue weighted by Gasteiger charge is 2.22. The van der Waals surface area contributed by atoms with Gasteiger partial charge in [-0.2, -0.15) is 0 Å². The fourth-order valence-electron chi connectivity index (χ4n) is 2.36. The number of anilines is 1. The number of benzene rings is 1. The molecule has 1 unspecified atom stereocenters. The van der Waals surface area contributed by atoms with Gasteiger partial charge in [-0.15, -0.1) is 0 Å². The van der Waals surface area contributed by atoms with Crippen molar-refractivity contribution < 1.29 is 0 Å². The van der Waals surface area contributed by atoms with Crippen molar-refractivity contribution in [2.45, 2.75) is 31.2 Å². The molecule has 1 aromatic carbocycles. The normalized spacial score (nSPS) is 25.5. The standard InChI is InChI=1S/C13H20N2/c1-15(2)13-7-4-10(5-8-13)11-3-6-12(14)9-11/h4-5,7-8,11-12H,3,6,9,14H2,1-2H3/t11-,12?/m0/s1. The Hall–Kier alpha value is -1.02. The summed E-state index contributed by atoms with van der Waals surface area (Å²) in [6, 6.07) is 9.30. The van der Waals surface area contributed by atoms with E-state index in [0.29, 0.717) is 12.0 Å². The molecule has 0 amide bonds. The summed E-state index contributed by atoms with van der Waals surface area (Å²) >= 11 is 0. The van der Waals surface area contributed by atoms with E-state index < -0.39 is 0 Å². The fraction of sp³-hybridized carbons (Fsp3) is 0.538. The summed E-state index contributed by atoms with van der Waals surface area (Å²) in [4.78, 5) is 2.13. The molecule has 2 rings (SSSR count). The van der Waals surface area contributed by atoms with Crippen molar-refractivity contribution in [3.05, 3.63) is 29.8 Å². The van der Waals surface area contributed by atoms with E-state index in [4.69, 9.17) is 5.73 Å². The van der Waals surface area contributed by atoms with Crippen LogP contribution in [0.15, 0.2) is 24.3 Å². The second-order valence-corrected chi connectivity index (χ2v) is 4.76. The lowest BCUT2D eigenvalue weighted by atomic mass is 9.97. The van der Waals surface area contributed by atoms with Gasteiger partial charge < -0.3 is 10.6 Å². The number of nitrogens with two attached hydrogens (primary N) is 1. The first kappa shape index (κ1) is 10.5. The highest BCUT2D eigenvalue weighted by atomic mass is 15.1. The number of hydrogen-bond donors (Lipinski definition) is 1. The third-order valence-corrected chi connectivity index (χ3v) is 3.35. The Bertz CT molecular complexity index is 316. The van der Waals surface area contributed by atoms with Crippen molar-refractivity contribution in [2.24, 2.45) is 5.73 Å². The van der Waals surface area contributed by atoms with Gasteiger partial charge in [-0.1, -0.05) is 12.1 Å². The molecule has 1 aromatic rings. The van der Waals surface area contributed by atoms with E-state index in [1.54, 1.807) is 0 Å². The Balaban J connectivity index is 2.10. The van der Waals surface area contributed by atoms with Gasteiger partial charge in [0.1, 0.15) is 0 Å². The summed E-state index contributed by atoms with van der Waals surface area (Å²) < 4.78 is 0. The molecule has 1 saturated carbocycles. The van der Waals surface area contributed by atoms with Crippen LogP contribution in [0.3, 0.4) is 0 Å². The van der Waals surface area contributed by atoms with Gasteiger partial charge >= 0.3 is 0 Å². The first-order valence-electron chi connectivity index (χ1n) is 5.69. The Morgan fingerprint density at radius 1 is 1.13 bits per heavy atom. The summed E-state index contributed by atoms with van der Waals surface area (Å²) in [5.74, 6) is 0.691. The van der Waals surface area contributed by atoms with Crippen molar-refractivity contribution in [1.82, 2.24) is 0 Å². The molecule has 0 heterocycles. The van der Waals surface area contributed by atoms with Gasteiger partial charge in [-0.25, -0.2) is 0 Å². The average molecular weight is 204 g/mol. The van der Waals surface area contributed by atoms with Crippen LogP contribution in [0.25, 0.3) is 0 Å². The predicted molar refractivity (Wildman–Crippen MR) is 65.3 cm³/mol. The van der Waals surface area contributed by atoms with Crippen molar-refractivity contribution in [3.8, 4) is 0 Å². The van der Waals surface area contributed by atoms with Crippen molar-refractivity contribution in [3.63, 3.8) is 0 Å². The minimum atomic E-state index is 0.420. The minimum absolute atomic E-state index is 0.420. The highest BCUT2D eigenvalue weighted by Crippen LogP contribution is 2.34. The Kier molecular flexibility index (Phi) is 2.96. The first-order chi connectivity index (χ1) is 7.16. The van der Waals surface area contributed by atoms with Gasteiger partial charge in [0.15, 0.2) is 0 Å². The van der Waals surface area contributed by atoms with Crippen LogP contribution in [-0.2, 0) is 0 Å². The van der Waals surface area contributed by atoms with Gasteiger partial charge in [-0.3, -0.25) is 0 Å². The maximum atomic E-state index is 5.93. The van der Waals surface area contributed by atoms with E-state index >= 15 is 0 Å². The van der Waals surface area contributed by atoms with Gasteiger partial charge in [0.25, 0.3) is 0 Å². The summed E-state index contributed by atoms with van der Waals surface area (Å²) in [6.07, 6.45) is 3.59. The largest absolute Gasteiger partial charge is 0.378 e. The molecule has 2 heteroatoms. The van der Waals surface area contributed by atoms with E-state index in [0.717, 1.165) is 6.42 Å². The van der Waals surface area contributed by atoms with Crippen molar-refractivity contribution >= 4 is 5.69 Å². The molecule has 2 nitrogen and oxygen atoms in total. The van der Waals surface area contributed by atoms with Gasteiger partial charge in [-0.05, 0) is 42.9 Å². The van der Waals surface area contributed by atoms with Crippen LogP contribution in [0.5, 0.6) is 0 Å². The molecule has 1 aliphatic carbocycles. The smallest absolute Gasteiger partial charge is 0.0361 e. The van der Waals surface area contributed by atoms with Crippen LogP contribution >= 0.6 is 0 Å². The van der Waals surface area contributed by atoms with Crippen LogP contribution < -0.4 is 10.6 Å². The lowest BCUT2D eigenvalue weighted by Crippen LogP contribution is -2.14.